The smallest absolute Gasteiger partial charge is 0.272 e. The molecule has 3 aromatic rings. The van der Waals surface area contributed by atoms with Gasteiger partial charge in [0, 0.05) is 18.0 Å². The summed E-state index contributed by atoms with van der Waals surface area (Å²) in [5.41, 5.74) is 0.508. The molecule has 0 atom stereocenters. The molecule has 0 saturated heterocycles. The fraction of sp³-hybridized carbons (Fsp3) is 0.333. The third kappa shape index (κ3) is 5.25. The van der Waals surface area contributed by atoms with Crippen molar-refractivity contribution in [2.75, 3.05) is 39.1 Å². The topological polar surface area (TPSA) is 93.6 Å². The lowest BCUT2D eigenvalue weighted by Gasteiger charge is -2.14. The molecule has 2 aromatic heterocycles. The molecule has 12 heteroatoms. The van der Waals surface area contributed by atoms with Gasteiger partial charge in [-0.25, -0.2) is 18.4 Å². The number of nitrogens with zero attached hydrogens (tertiary/aromatic N) is 3. The Kier molecular flexibility index (Phi) is 7.25. The average molecular weight is 491 g/mol. The van der Waals surface area contributed by atoms with E-state index < -0.39 is 10.0 Å². The fourth-order valence-electron chi connectivity index (χ4n) is 2.62. The van der Waals surface area contributed by atoms with Crippen LogP contribution in [0.4, 0.5) is 5.82 Å². The van der Waals surface area contributed by atoms with Gasteiger partial charge in [0.05, 0.1) is 24.3 Å². The zero-order chi connectivity index (χ0) is 21.9. The van der Waals surface area contributed by atoms with Crippen molar-refractivity contribution in [1.29, 1.82) is 0 Å². The minimum atomic E-state index is -3.93. The summed E-state index contributed by atoms with van der Waals surface area (Å²) in [6.45, 7) is 1.39. The van der Waals surface area contributed by atoms with E-state index in [1.165, 1.54) is 19.5 Å². The number of fused-ring (bicyclic) bond motifs is 1. The van der Waals surface area contributed by atoms with Gasteiger partial charge >= 0.3 is 0 Å². The number of methoxy groups -OCH3 is 1. The maximum absolute atomic E-state index is 12.7. The number of anilines is 1. The maximum atomic E-state index is 12.7. The highest BCUT2D eigenvalue weighted by Crippen LogP contribution is 2.37. The minimum Gasteiger partial charge on any atom is -0.493 e. The Bertz CT molecular complexity index is 1130. The van der Waals surface area contributed by atoms with Gasteiger partial charge in [-0.05, 0) is 32.6 Å². The molecule has 0 unspecified atom stereocenters. The van der Waals surface area contributed by atoms with Crippen molar-refractivity contribution < 1.29 is 17.9 Å². The van der Waals surface area contributed by atoms with Crippen molar-refractivity contribution in [2.24, 2.45) is 0 Å². The van der Waals surface area contributed by atoms with Crippen molar-refractivity contribution >= 4 is 61.3 Å². The highest BCUT2D eigenvalue weighted by atomic mass is 35.5. The van der Waals surface area contributed by atoms with Crippen LogP contribution in [0, 0.1) is 0 Å². The third-order valence-corrected chi connectivity index (χ3v) is 7.72. The number of halogens is 2. The number of aromatic nitrogens is 2. The number of benzene rings is 1. The highest BCUT2D eigenvalue weighted by Gasteiger charge is 2.22. The molecule has 1 aromatic carbocycles. The molecule has 0 saturated carbocycles. The van der Waals surface area contributed by atoms with Gasteiger partial charge in [-0.3, -0.25) is 4.72 Å². The van der Waals surface area contributed by atoms with Crippen molar-refractivity contribution in [3.05, 3.63) is 33.9 Å². The van der Waals surface area contributed by atoms with Crippen LogP contribution < -0.4 is 14.2 Å². The maximum Gasteiger partial charge on any atom is 0.272 e. The summed E-state index contributed by atoms with van der Waals surface area (Å²) in [4.78, 5) is 10.4. The predicted octanol–water partition coefficient (Wildman–Crippen LogP) is 4.14. The normalized spacial score (nSPS) is 11.8. The van der Waals surface area contributed by atoms with Crippen LogP contribution in [0.3, 0.4) is 0 Å². The van der Waals surface area contributed by atoms with Gasteiger partial charge < -0.3 is 14.4 Å². The summed E-state index contributed by atoms with van der Waals surface area (Å²) in [6.07, 6.45) is 2.12. The molecule has 0 radical (unpaired) electrons. The number of ether oxygens (including phenoxy) is 2. The molecule has 0 aliphatic heterocycles. The van der Waals surface area contributed by atoms with Gasteiger partial charge in [0.1, 0.15) is 14.9 Å². The first-order valence-corrected chi connectivity index (χ1v) is 11.8. The first-order chi connectivity index (χ1) is 14.2. The molecular formula is C18H20Cl2N4O4S2. The van der Waals surface area contributed by atoms with Crippen molar-refractivity contribution in [1.82, 2.24) is 14.9 Å². The molecular weight excluding hydrogens is 471 g/mol. The second-order valence-corrected chi connectivity index (χ2v) is 10.5. The molecule has 0 aliphatic rings. The van der Waals surface area contributed by atoms with Crippen LogP contribution in [0.5, 0.6) is 11.5 Å². The molecule has 3 rings (SSSR count). The summed E-state index contributed by atoms with van der Waals surface area (Å²) in [7, 11) is 1.57. The van der Waals surface area contributed by atoms with Crippen molar-refractivity contribution in [3.8, 4) is 11.5 Å². The first kappa shape index (κ1) is 22.8. The van der Waals surface area contributed by atoms with E-state index >= 15 is 0 Å². The second-order valence-electron chi connectivity index (χ2n) is 6.54. The fourth-order valence-corrected chi connectivity index (χ4v) is 5.53. The van der Waals surface area contributed by atoms with Crippen molar-refractivity contribution in [3.63, 3.8) is 0 Å². The van der Waals surface area contributed by atoms with E-state index in [0.717, 1.165) is 24.3 Å². The number of thiophene rings is 1. The lowest BCUT2D eigenvalue weighted by Crippen LogP contribution is -2.15. The first-order valence-electron chi connectivity index (χ1n) is 8.79. The van der Waals surface area contributed by atoms with Gasteiger partial charge in [0.15, 0.2) is 17.3 Å². The minimum absolute atomic E-state index is 0.0166. The quantitative estimate of drug-likeness (QED) is 0.450. The molecule has 0 aliphatic carbocycles. The van der Waals surface area contributed by atoms with Crippen LogP contribution in [0.15, 0.2) is 28.7 Å². The second kappa shape index (κ2) is 9.52. The Morgan fingerprint density at radius 3 is 2.57 bits per heavy atom. The van der Waals surface area contributed by atoms with E-state index in [1.54, 1.807) is 12.1 Å². The van der Waals surface area contributed by atoms with Crippen LogP contribution in [-0.4, -0.2) is 57.6 Å². The number of nitrogens with one attached hydrogen (secondary N) is 1. The zero-order valence-electron chi connectivity index (χ0n) is 16.5. The van der Waals surface area contributed by atoms with Crippen molar-refractivity contribution in [2.45, 2.75) is 10.6 Å². The Balaban J connectivity index is 1.91. The molecule has 1 N–H and O–H groups in total. The lowest BCUT2D eigenvalue weighted by atomic mass is 10.2. The summed E-state index contributed by atoms with van der Waals surface area (Å²) >= 11 is 12.6. The van der Waals surface area contributed by atoms with Crippen LogP contribution in [0.2, 0.25) is 9.36 Å². The summed E-state index contributed by atoms with van der Waals surface area (Å²) in [5, 5.41) is 0.639. The van der Waals surface area contributed by atoms with E-state index in [2.05, 4.69) is 19.6 Å². The van der Waals surface area contributed by atoms with E-state index in [0.29, 0.717) is 29.0 Å². The van der Waals surface area contributed by atoms with Gasteiger partial charge in [-0.2, -0.15) is 0 Å². The molecule has 2 heterocycles. The van der Waals surface area contributed by atoms with Crippen LogP contribution in [0.25, 0.3) is 10.9 Å². The van der Waals surface area contributed by atoms with Crippen LogP contribution >= 0.6 is 34.5 Å². The van der Waals surface area contributed by atoms with Gasteiger partial charge in [0.25, 0.3) is 10.0 Å². The third-order valence-electron chi connectivity index (χ3n) is 4.05. The molecule has 0 bridgehead atoms. The number of hydrogen-bond donors (Lipinski definition) is 1. The Morgan fingerprint density at radius 1 is 1.17 bits per heavy atom. The standard InChI is InChI=1S/C18H20Cl2N4O4S2/c1-24(2)5-4-6-28-15-9-13-11(7-14(15)27-3)18(22-10-21-13)23-30(25,26)16-8-12(19)17(20)29-16/h7-10H,4-6H2,1-3H3,(H,21,22,23). The van der Waals surface area contributed by atoms with Crippen LogP contribution in [0.1, 0.15) is 6.42 Å². The Hall–Kier alpha value is -1.85. The summed E-state index contributed by atoms with van der Waals surface area (Å²) in [5.74, 6) is 1.08. The summed E-state index contributed by atoms with van der Waals surface area (Å²) in [6, 6.07) is 4.63. The van der Waals surface area contributed by atoms with Gasteiger partial charge in [-0.1, -0.05) is 23.2 Å². The number of rotatable bonds is 9. The number of hydrogen-bond acceptors (Lipinski definition) is 8. The molecule has 162 valence electrons. The predicted molar refractivity (Wildman–Crippen MR) is 120 cm³/mol. The molecule has 8 nitrogen and oxygen atoms in total. The van der Waals surface area contributed by atoms with E-state index in [-0.39, 0.29) is 19.4 Å². The highest BCUT2D eigenvalue weighted by molar-refractivity contribution is 7.94. The number of sulfonamides is 1. The van der Waals surface area contributed by atoms with Gasteiger partial charge in [0.2, 0.25) is 0 Å². The summed E-state index contributed by atoms with van der Waals surface area (Å²) < 4.78 is 39.3. The van der Waals surface area contributed by atoms with Gasteiger partial charge in [-0.15, -0.1) is 11.3 Å². The van der Waals surface area contributed by atoms with E-state index in [4.69, 9.17) is 32.7 Å². The van der Waals surface area contributed by atoms with Crippen LogP contribution in [-0.2, 0) is 10.0 Å². The SMILES string of the molecule is COc1cc2c(NS(=O)(=O)c3cc(Cl)c(Cl)s3)ncnc2cc1OCCCN(C)C. The van der Waals surface area contributed by atoms with E-state index in [9.17, 15) is 8.42 Å². The monoisotopic (exact) mass is 490 g/mol. The molecule has 0 spiro atoms. The lowest BCUT2D eigenvalue weighted by molar-refractivity contribution is 0.268. The Morgan fingerprint density at radius 2 is 1.93 bits per heavy atom. The largest absolute Gasteiger partial charge is 0.493 e. The Labute approximate surface area is 188 Å². The molecule has 0 amide bonds. The van der Waals surface area contributed by atoms with E-state index in [1.807, 2.05) is 14.1 Å². The molecule has 0 fully saturated rings. The zero-order valence-corrected chi connectivity index (χ0v) is 19.6. The molecule has 30 heavy (non-hydrogen) atoms. The average Bonchev–Trinajstić information content (AvgIpc) is 3.04.